The number of aryl methyl sites for hydroxylation is 1. The fraction of sp³-hybridized carbons (Fsp3) is 0.348. The number of carbonyl (C=O) groups excluding carboxylic acids is 1. The van der Waals surface area contributed by atoms with Crippen LogP contribution in [0.1, 0.15) is 24.8 Å². The summed E-state index contributed by atoms with van der Waals surface area (Å²) >= 11 is 1.38. The van der Waals surface area contributed by atoms with Gasteiger partial charge in [0.15, 0.2) is 11.0 Å². The van der Waals surface area contributed by atoms with Gasteiger partial charge in [-0.25, -0.2) is 8.42 Å². The largest absolute Gasteiger partial charge is 0.342 e. The topological polar surface area (TPSA) is 97.2 Å². The highest BCUT2D eigenvalue weighted by atomic mass is 32.2. The van der Waals surface area contributed by atoms with Crippen molar-refractivity contribution >= 4 is 33.4 Å². The van der Waals surface area contributed by atoms with E-state index in [0.29, 0.717) is 22.4 Å². The molecule has 0 bridgehead atoms. The Labute approximate surface area is 198 Å². The second-order valence-corrected chi connectivity index (χ2v) is 10.7. The Bertz CT molecular complexity index is 1220. The molecular formula is C23H27N5O3S2. The number of likely N-dealkylation sites (tertiary alicyclic amines) is 1. The average Bonchev–Trinajstić information content (AvgIpc) is 3.19. The lowest BCUT2D eigenvalue weighted by Crippen LogP contribution is -2.36. The highest BCUT2D eigenvalue weighted by Crippen LogP contribution is 2.25. The van der Waals surface area contributed by atoms with Crippen LogP contribution in [-0.2, 0) is 21.9 Å². The van der Waals surface area contributed by atoms with Crippen LogP contribution >= 0.6 is 11.8 Å². The molecule has 0 radical (unpaired) electrons. The summed E-state index contributed by atoms with van der Waals surface area (Å²) < 4.78 is 29.6. The number of sulfonamides is 1. The normalized spacial score (nSPS) is 14.3. The van der Waals surface area contributed by atoms with Gasteiger partial charge in [0.05, 0.1) is 10.6 Å². The molecule has 8 nitrogen and oxygen atoms in total. The minimum Gasteiger partial charge on any atom is -0.342 e. The maximum Gasteiger partial charge on any atom is 0.261 e. The van der Waals surface area contributed by atoms with Gasteiger partial charge in [0.2, 0.25) is 5.91 Å². The van der Waals surface area contributed by atoms with Crippen molar-refractivity contribution in [2.45, 2.75) is 36.2 Å². The zero-order chi connectivity index (χ0) is 23.4. The third-order valence-corrected chi connectivity index (χ3v) is 8.00. The lowest BCUT2D eigenvalue weighted by molar-refractivity contribution is -0.129. The Morgan fingerprint density at radius 2 is 1.67 bits per heavy atom. The molecule has 10 heteroatoms. The van der Waals surface area contributed by atoms with Crippen molar-refractivity contribution in [2.24, 2.45) is 7.05 Å². The number of hydrogen-bond acceptors (Lipinski definition) is 6. The number of hydrogen-bond donors (Lipinski definition) is 1. The molecule has 0 spiro atoms. The second kappa shape index (κ2) is 9.96. The van der Waals surface area contributed by atoms with Gasteiger partial charge in [-0.15, -0.1) is 10.2 Å². The number of thioether (sulfide) groups is 1. The fourth-order valence-corrected chi connectivity index (χ4v) is 5.54. The highest BCUT2D eigenvalue weighted by Gasteiger charge is 2.19. The first-order valence-corrected chi connectivity index (χ1v) is 13.3. The first-order valence-electron chi connectivity index (χ1n) is 10.8. The molecule has 1 amide bonds. The number of nitrogens with one attached hydrogen (secondary N) is 1. The smallest absolute Gasteiger partial charge is 0.261 e. The molecule has 1 saturated heterocycles. The quantitative estimate of drug-likeness (QED) is 0.513. The third kappa shape index (κ3) is 5.56. The first kappa shape index (κ1) is 23.3. The molecule has 2 aromatic carbocycles. The van der Waals surface area contributed by atoms with Crippen molar-refractivity contribution in [3.05, 3.63) is 54.1 Å². The summed E-state index contributed by atoms with van der Waals surface area (Å²) in [7, 11) is -1.80. The molecule has 3 aromatic rings. The fourth-order valence-electron chi connectivity index (χ4n) is 3.67. The van der Waals surface area contributed by atoms with E-state index in [0.717, 1.165) is 37.1 Å². The monoisotopic (exact) mass is 485 g/mol. The van der Waals surface area contributed by atoms with Gasteiger partial charge in [0.1, 0.15) is 0 Å². The molecule has 1 aromatic heterocycles. The highest BCUT2D eigenvalue weighted by molar-refractivity contribution is 7.99. The van der Waals surface area contributed by atoms with E-state index >= 15 is 0 Å². The minimum atomic E-state index is -3.66. The molecule has 1 aliphatic heterocycles. The molecule has 174 valence electrons. The summed E-state index contributed by atoms with van der Waals surface area (Å²) in [4.78, 5) is 14.6. The Balaban J connectivity index is 1.41. The lowest BCUT2D eigenvalue weighted by atomic mass is 10.1. The van der Waals surface area contributed by atoms with Gasteiger partial charge >= 0.3 is 0 Å². The van der Waals surface area contributed by atoms with Crippen LogP contribution in [0.15, 0.2) is 58.6 Å². The third-order valence-electron chi connectivity index (χ3n) is 5.60. The maximum atomic E-state index is 12.6. The maximum absolute atomic E-state index is 12.6. The van der Waals surface area contributed by atoms with E-state index in [9.17, 15) is 13.2 Å². The van der Waals surface area contributed by atoms with Gasteiger partial charge < -0.3 is 9.47 Å². The van der Waals surface area contributed by atoms with Crippen LogP contribution in [0.5, 0.6) is 0 Å². The number of amides is 1. The van der Waals surface area contributed by atoms with E-state index in [4.69, 9.17) is 0 Å². The van der Waals surface area contributed by atoms with E-state index in [-0.39, 0.29) is 10.8 Å². The Hall–Kier alpha value is -2.85. The van der Waals surface area contributed by atoms with Gasteiger partial charge in [-0.1, -0.05) is 29.5 Å². The van der Waals surface area contributed by atoms with E-state index in [1.807, 2.05) is 23.4 Å². The second-order valence-electron chi connectivity index (χ2n) is 8.09. The molecule has 1 fully saturated rings. The average molecular weight is 486 g/mol. The predicted octanol–water partition coefficient (Wildman–Crippen LogP) is 3.70. The molecule has 1 aliphatic rings. The molecule has 0 atom stereocenters. The predicted molar refractivity (Wildman–Crippen MR) is 130 cm³/mol. The zero-order valence-corrected chi connectivity index (χ0v) is 20.3. The van der Waals surface area contributed by atoms with Crippen LogP contribution in [0.25, 0.3) is 11.4 Å². The number of piperidine rings is 1. The van der Waals surface area contributed by atoms with Gasteiger partial charge in [0, 0.05) is 31.4 Å². The van der Waals surface area contributed by atoms with Crippen LogP contribution in [0.2, 0.25) is 0 Å². The Morgan fingerprint density at radius 3 is 2.33 bits per heavy atom. The summed E-state index contributed by atoms with van der Waals surface area (Å²) in [6, 6.07) is 13.7. The van der Waals surface area contributed by atoms with Crippen LogP contribution in [0.4, 0.5) is 5.69 Å². The van der Waals surface area contributed by atoms with E-state index in [1.165, 1.54) is 18.2 Å². The number of nitrogens with zero attached hydrogens (tertiary/aromatic N) is 4. The molecule has 1 N–H and O–H groups in total. The van der Waals surface area contributed by atoms with Crippen LogP contribution < -0.4 is 4.72 Å². The van der Waals surface area contributed by atoms with Crippen molar-refractivity contribution in [2.75, 3.05) is 23.6 Å². The van der Waals surface area contributed by atoms with Crippen molar-refractivity contribution < 1.29 is 13.2 Å². The number of carbonyl (C=O) groups is 1. The molecule has 0 aliphatic carbocycles. The van der Waals surface area contributed by atoms with Crippen molar-refractivity contribution in [1.82, 2.24) is 19.7 Å². The number of anilines is 1. The molecule has 2 heterocycles. The van der Waals surface area contributed by atoms with E-state index in [1.54, 1.807) is 48.5 Å². The summed E-state index contributed by atoms with van der Waals surface area (Å²) in [6.07, 6.45) is 3.33. The molecular weight excluding hydrogens is 458 g/mol. The van der Waals surface area contributed by atoms with Crippen LogP contribution in [0, 0.1) is 6.92 Å². The SMILES string of the molecule is Cc1ccc(S(=O)(=O)Nc2ccc(-c3nnc(SCC(=O)N4CCCCC4)n3C)cc2)cc1. The number of aromatic nitrogens is 3. The van der Waals surface area contributed by atoms with Crippen molar-refractivity contribution in [1.29, 1.82) is 0 Å². The van der Waals surface area contributed by atoms with Crippen molar-refractivity contribution in [3.63, 3.8) is 0 Å². The number of benzene rings is 2. The lowest BCUT2D eigenvalue weighted by Gasteiger charge is -2.26. The summed E-state index contributed by atoms with van der Waals surface area (Å²) in [5, 5.41) is 9.16. The molecule has 0 saturated carbocycles. The summed E-state index contributed by atoms with van der Waals surface area (Å²) in [5.74, 6) is 1.12. The standard InChI is InChI=1S/C23H27N5O3S2/c1-17-6-12-20(13-7-17)33(30,31)26-19-10-8-18(9-11-19)22-24-25-23(27(22)2)32-16-21(29)28-14-4-3-5-15-28/h6-13,26H,3-5,14-16H2,1-2H3. The van der Waals surface area contributed by atoms with Gasteiger partial charge in [-0.3, -0.25) is 9.52 Å². The first-order chi connectivity index (χ1) is 15.8. The minimum absolute atomic E-state index is 0.134. The summed E-state index contributed by atoms with van der Waals surface area (Å²) in [6.45, 7) is 3.58. The molecule has 4 rings (SSSR count). The van der Waals surface area contributed by atoms with E-state index < -0.39 is 10.0 Å². The van der Waals surface area contributed by atoms with Crippen LogP contribution in [-0.4, -0.2) is 52.8 Å². The van der Waals surface area contributed by atoms with Crippen LogP contribution in [0.3, 0.4) is 0 Å². The summed E-state index contributed by atoms with van der Waals surface area (Å²) in [5.41, 5.74) is 2.26. The van der Waals surface area contributed by atoms with Gasteiger partial charge in [-0.2, -0.15) is 0 Å². The molecule has 0 unspecified atom stereocenters. The van der Waals surface area contributed by atoms with Gasteiger partial charge in [0.25, 0.3) is 10.0 Å². The number of rotatable bonds is 7. The van der Waals surface area contributed by atoms with E-state index in [2.05, 4.69) is 14.9 Å². The molecule has 33 heavy (non-hydrogen) atoms. The Morgan fingerprint density at radius 1 is 1.00 bits per heavy atom. The van der Waals surface area contributed by atoms with Crippen molar-refractivity contribution in [3.8, 4) is 11.4 Å². The zero-order valence-electron chi connectivity index (χ0n) is 18.7. The van der Waals surface area contributed by atoms with Gasteiger partial charge in [-0.05, 0) is 62.6 Å². The Kier molecular flexibility index (Phi) is 7.04.